The van der Waals surface area contributed by atoms with E-state index in [9.17, 15) is 19.2 Å². The average Bonchev–Trinajstić information content (AvgIpc) is 2.78. The Bertz CT molecular complexity index is 612. The molecule has 0 aromatic rings. The van der Waals surface area contributed by atoms with Crippen molar-refractivity contribution in [1.29, 1.82) is 5.26 Å². The zero-order valence-electron chi connectivity index (χ0n) is 18.6. The fourth-order valence-electron chi connectivity index (χ4n) is 0.638. The molecule has 0 fully saturated rings. The standard InChI is InChI=1S/C7H12O2.C6H10O3.C3H3N.2C3H4O2/c1-3-5-6-9-7(8)4-2;1-5(2)6(8)9-4-3-7;1-2-3-4;2*1-2-3(4)5/h4H,2-3,5-6H2,1H3;7H,1,3-4H2,2H3;2H,1H2;2*2H,1H2,(H,4,5). The van der Waals surface area contributed by atoms with Crippen LogP contribution in [0.4, 0.5) is 0 Å². The second kappa shape index (κ2) is 34.5. The molecule has 0 radical (unpaired) electrons. The summed E-state index contributed by atoms with van der Waals surface area (Å²) in [6.45, 7) is 19.7. The number of carbonyl (C=O) groups is 4. The van der Waals surface area contributed by atoms with Crippen LogP contribution in [0.25, 0.3) is 0 Å². The van der Waals surface area contributed by atoms with E-state index in [1.807, 2.05) is 6.92 Å². The molecule has 32 heavy (non-hydrogen) atoms. The monoisotopic (exact) mass is 455 g/mol. The lowest BCUT2D eigenvalue weighted by molar-refractivity contribution is -0.140. The van der Waals surface area contributed by atoms with E-state index < -0.39 is 17.9 Å². The number of rotatable bonds is 9. The summed E-state index contributed by atoms with van der Waals surface area (Å²) in [5, 5.41) is 30.9. The smallest absolute Gasteiger partial charge is 0.333 e. The number of allylic oxidation sites excluding steroid dienone is 1. The van der Waals surface area contributed by atoms with Gasteiger partial charge < -0.3 is 24.8 Å². The molecule has 0 aromatic heterocycles. The molecule has 0 saturated heterocycles. The summed E-state index contributed by atoms with van der Waals surface area (Å²) in [6.07, 6.45) is 6.00. The second-order valence-electron chi connectivity index (χ2n) is 4.78. The quantitative estimate of drug-likeness (QED) is 0.203. The molecular weight excluding hydrogens is 422 g/mol. The number of ether oxygens (including phenoxy) is 2. The van der Waals surface area contributed by atoms with Crippen LogP contribution in [-0.4, -0.2) is 59.0 Å². The molecule has 0 aromatic carbocycles. The molecule has 0 saturated carbocycles. The molecule has 0 amide bonds. The molecule has 180 valence electrons. The Morgan fingerprint density at radius 2 is 1.34 bits per heavy atom. The average molecular weight is 456 g/mol. The summed E-state index contributed by atoms with van der Waals surface area (Å²) in [7, 11) is 0. The maximum absolute atomic E-state index is 10.5. The Kier molecular flexibility index (Phi) is 41.7. The van der Waals surface area contributed by atoms with Gasteiger partial charge in [-0.15, -0.1) is 0 Å². The highest BCUT2D eigenvalue weighted by molar-refractivity contribution is 5.86. The molecule has 0 aliphatic heterocycles. The van der Waals surface area contributed by atoms with Gasteiger partial charge in [0.15, 0.2) is 0 Å². The number of unbranched alkanes of at least 4 members (excludes halogenated alkanes) is 1. The molecule has 0 aliphatic rings. The fourth-order valence-corrected chi connectivity index (χ4v) is 0.638. The van der Waals surface area contributed by atoms with Crippen LogP contribution in [0.15, 0.2) is 62.8 Å². The predicted octanol–water partition coefficient (Wildman–Crippen LogP) is 2.82. The first-order chi connectivity index (χ1) is 14.9. The highest BCUT2D eigenvalue weighted by Crippen LogP contribution is 1.90. The summed E-state index contributed by atoms with van der Waals surface area (Å²) < 4.78 is 9.14. The van der Waals surface area contributed by atoms with Crippen molar-refractivity contribution in [3.63, 3.8) is 0 Å². The summed E-state index contributed by atoms with van der Waals surface area (Å²) in [4.78, 5) is 39.3. The number of hydrogen-bond donors (Lipinski definition) is 3. The van der Waals surface area contributed by atoms with Crippen molar-refractivity contribution in [3.8, 4) is 6.07 Å². The number of aliphatic carboxylic acids is 2. The molecule has 3 N–H and O–H groups in total. The number of nitrogens with zero attached hydrogens (tertiary/aromatic N) is 1. The van der Waals surface area contributed by atoms with Crippen molar-refractivity contribution in [2.45, 2.75) is 26.7 Å². The van der Waals surface area contributed by atoms with Crippen molar-refractivity contribution in [3.05, 3.63) is 62.8 Å². The number of aliphatic hydroxyl groups excluding tert-OH is 1. The molecule has 0 heterocycles. The first kappa shape index (κ1) is 38.6. The van der Waals surface area contributed by atoms with Crippen molar-refractivity contribution in [2.24, 2.45) is 0 Å². The lowest BCUT2D eigenvalue weighted by atomic mass is 10.4. The Balaban J connectivity index is -0.0000000989. The lowest BCUT2D eigenvalue weighted by Crippen LogP contribution is -2.08. The highest BCUT2D eigenvalue weighted by Gasteiger charge is 1.99. The first-order valence-electron chi connectivity index (χ1n) is 8.89. The largest absolute Gasteiger partial charge is 0.478 e. The van der Waals surface area contributed by atoms with Gasteiger partial charge >= 0.3 is 23.9 Å². The first-order valence-corrected chi connectivity index (χ1v) is 8.89. The van der Waals surface area contributed by atoms with Gasteiger partial charge in [0.2, 0.25) is 0 Å². The molecule has 0 rings (SSSR count). The van der Waals surface area contributed by atoms with Crippen molar-refractivity contribution >= 4 is 23.9 Å². The van der Waals surface area contributed by atoms with Crippen molar-refractivity contribution in [1.82, 2.24) is 0 Å². The summed E-state index contributed by atoms with van der Waals surface area (Å²) in [5.41, 5.74) is 0.350. The highest BCUT2D eigenvalue weighted by atomic mass is 16.5. The predicted molar refractivity (Wildman–Crippen MR) is 120 cm³/mol. The van der Waals surface area contributed by atoms with E-state index in [2.05, 4.69) is 42.4 Å². The Morgan fingerprint density at radius 3 is 1.56 bits per heavy atom. The molecule has 0 atom stereocenters. The molecule has 0 unspecified atom stereocenters. The molecular formula is C22H33NO9. The van der Waals surface area contributed by atoms with Crippen LogP contribution in [0.3, 0.4) is 0 Å². The van der Waals surface area contributed by atoms with E-state index in [4.69, 9.17) is 20.6 Å². The number of aliphatic hydroxyl groups is 1. The molecule has 10 heteroatoms. The third kappa shape index (κ3) is 63.5. The van der Waals surface area contributed by atoms with Crippen LogP contribution in [0, 0.1) is 11.3 Å². The van der Waals surface area contributed by atoms with Crippen LogP contribution >= 0.6 is 0 Å². The lowest BCUT2D eigenvalue weighted by Gasteiger charge is -1.99. The van der Waals surface area contributed by atoms with Crippen molar-refractivity contribution < 1.29 is 44.0 Å². The van der Waals surface area contributed by atoms with Crippen molar-refractivity contribution in [2.75, 3.05) is 19.8 Å². The number of nitriles is 1. The van der Waals surface area contributed by atoms with E-state index in [1.54, 1.807) is 13.0 Å². The normalized spacial score (nSPS) is 7.31. The number of hydrogen-bond acceptors (Lipinski definition) is 8. The van der Waals surface area contributed by atoms with Gasteiger partial charge in [0, 0.05) is 29.9 Å². The van der Waals surface area contributed by atoms with E-state index in [-0.39, 0.29) is 19.2 Å². The third-order valence-corrected chi connectivity index (χ3v) is 2.02. The molecule has 10 nitrogen and oxygen atoms in total. The topological polar surface area (TPSA) is 171 Å². The third-order valence-electron chi connectivity index (χ3n) is 2.02. The van der Waals surface area contributed by atoms with Gasteiger partial charge in [-0.3, -0.25) is 0 Å². The maximum atomic E-state index is 10.5. The van der Waals surface area contributed by atoms with Gasteiger partial charge in [0.25, 0.3) is 0 Å². The summed E-state index contributed by atoms with van der Waals surface area (Å²) >= 11 is 0. The Morgan fingerprint density at radius 1 is 0.938 bits per heavy atom. The van der Waals surface area contributed by atoms with Gasteiger partial charge in [-0.1, -0.05) is 46.2 Å². The maximum Gasteiger partial charge on any atom is 0.333 e. The zero-order chi connectivity index (χ0) is 26.4. The van der Waals surface area contributed by atoms with E-state index >= 15 is 0 Å². The minimum atomic E-state index is -0.981. The molecule has 0 bridgehead atoms. The number of carboxylic acids is 2. The van der Waals surface area contributed by atoms with Crippen LogP contribution in [0.1, 0.15) is 26.7 Å². The summed E-state index contributed by atoms with van der Waals surface area (Å²) in [6, 6.07) is 1.69. The van der Waals surface area contributed by atoms with Gasteiger partial charge in [-0.25, -0.2) is 19.2 Å². The fraction of sp³-hybridized carbons (Fsp3) is 0.318. The van der Waals surface area contributed by atoms with Crippen LogP contribution in [-0.2, 0) is 28.7 Å². The minimum absolute atomic E-state index is 0.0473. The van der Waals surface area contributed by atoms with E-state index in [1.165, 1.54) is 12.2 Å². The second-order valence-corrected chi connectivity index (χ2v) is 4.78. The summed E-state index contributed by atoms with van der Waals surface area (Å²) in [5.74, 6) is -2.75. The molecule has 0 spiro atoms. The number of carboxylic acid groups (broad SMARTS) is 2. The number of carbonyl (C=O) groups excluding carboxylic acids is 2. The van der Waals surface area contributed by atoms with E-state index in [0.717, 1.165) is 25.0 Å². The van der Waals surface area contributed by atoms with Gasteiger partial charge in [0.1, 0.15) is 6.61 Å². The van der Waals surface area contributed by atoms with Crippen LogP contribution < -0.4 is 0 Å². The van der Waals surface area contributed by atoms with Gasteiger partial charge in [-0.05, 0) is 13.3 Å². The van der Waals surface area contributed by atoms with E-state index in [0.29, 0.717) is 12.2 Å². The van der Waals surface area contributed by atoms with Gasteiger partial charge in [0.05, 0.1) is 19.3 Å². The Hall–Kier alpha value is -3.97. The SMILES string of the molecule is C=C(C)C(=O)OCCO.C=CC#N.C=CC(=O)O.C=CC(=O)O.C=CC(=O)OCCCC. The zero-order valence-corrected chi connectivity index (χ0v) is 18.6. The molecule has 0 aliphatic carbocycles. The Labute approximate surface area is 189 Å². The number of esters is 2. The van der Waals surface area contributed by atoms with Crippen LogP contribution in [0.2, 0.25) is 0 Å². The van der Waals surface area contributed by atoms with Crippen LogP contribution in [0.5, 0.6) is 0 Å². The van der Waals surface area contributed by atoms with Gasteiger partial charge in [-0.2, -0.15) is 5.26 Å². The minimum Gasteiger partial charge on any atom is -0.478 e.